The molecule has 2 unspecified atom stereocenters. The summed E-state index contributed by atoms with van der Waals surface area (Å²) in [5.74, 6) is 0.184. The third kappa shape index (κ3) is 3.75. The number of allylic oxidation sites excluding steroid dienone is 2. The Labute approximate surface area is 347 Å². The highest BCUT2D eigenvalue weighted by molar-refractivity contribution is 6.95. The van der Waals surface area contributed by atoms with Crippen molar-refractivity contribution in [1.29, 1.82) is 0 Å². The maximum Gasteiger partial charge on any atom is 0.247 e. The van der Waals surface area contributed by atoms with Crippen LogP contribution in [-0.2, 0) is 0 Å². The standard InChI is InChI=1S/C56H34BN3/c1-3-15-35(16-4-1)58(36-17-5-2-6-18-36)37-31-48-54-49(32-37)60-47-30-26-34-14-11-22-41-39-20-9-10-21-40(39)42-27-28-45(56(60)52(42)53(47)50(34)41)57(54)44-24-12-23-43-51-38-19-8-7-13-33(38)25-29-46(51)59(48)55(43)44/h1-32,52,56H. The average Bonchev–Trinajstić information content (AvgIpc) is 3.81. The van der Waals surface area contributed by atoms with Crippen molar-refractivity contribution in [3.05, 3.63) is 211 Å². The lowest BCUT2D eigenvalue weighted by Crippen LogP contribution is -2.60. The minimum atomic E-state index is 0.0929. The predicted octanol–water partition coefficient (Wildman–Crippen LogP) is 12.6. The highest BCUT2D eigenvalue weighted by Gasteiger charge is 2.55. The van der Waals surface area contributed by atoms with E-state index in [9.17, 15) is 0 Å². The van der Waals surface area contributed by atoms with Crippen LogP contribution in [0.5, 0.6) is 0 Å². The number of rotatable bonds is 3. The van der Waals surface area contributed by atoms with Crippen LogP contribution in [0.2, 0.25) is 0 Å². The summed E-state index contributed by atoms with van der Waals surface area (Å²) in [4.78, 5) is 5.22. The molecule has 3 aliphatic heterocycles. The predicted molar refractivity (Wildman–Crippen MR) is 252 cm³/mol. The molecule has 0 fully saturated rings. The first-order chi connectivity index (χ1) is 29.8. The van der Waals surface area contributed by atoms with Gasteiger partial charge >= 0.3 is 0 Å². The lowest BCUT2D eigenvalue weighted by atomic mass is 9.31. The molecule has 0 spiro atoms. The number of para-hydroxylation sites is 3. The Bertz CT molecular complexity index is 3600. The zero-order chi connectivity index (χ0) is 38.8. The van der Waals surface area contributed by atoms with E-state index in [1.807, 2.05) is 0 Å². The van der Waals surface area contributed by atoms with E-state index in [2.05, 4.69) is 209 Å². The number of hydrogen-bond acceptors (Lipinski definition) is 2. The second kappa shape index (κ2) is 11.1. The fourth-order valence-corrected chi connectivity index (χ4v) is 12.3. The van der Waals surface area contributed by atoms with Crippen LogP contribution in [0.4, 0.5) is 28.4 Å². The number of anilines is 5. The first-order valence-corrected chi connectivity index (χ1v) is 21.2. The molecule has 0 amide bonds. The molecule has 276 valence electrons. The Hall–Kier alpha value is -7.56. The van der Waals surface area contributed by atoms with Crippen molar-refractivity contribution in [3.63, 3.8) is 0 Å². The van der Waals surface area contributed by atoms with E-state index in [0.29, 0.717) is 0 Å². The van der Waals surface area contributed by atoms with Crippen molar-refractivity contribution in [2.45, 2.75) is 12.0 Å². The zero-order valence-corrected chi connectivity index (χ0v) is 32.5. The van der Waals surface area contributed by atoms with E-state index in [4.69, 9.17) is 0 Å². The molecule has 10 aromatic rings. The topological polar surface area (TPSA) is 11.4 Å². The Morgan fingerprint density at radius 2 is 1.17 bits per heavy atom. The molecule has 9 aromatic carbocycles. The summed E-state index contributed by atoms with van der Waals surface area (Å²) < 4.78 is 2.62. The molecule has 0 radical (unpaired) electrons. The molecule has 2 aliphatic carbocycles. The van der Waals surface area contributed by atoms with Gasteiger partial charge in [0.05, 0.1) is 17.2 Å². The van der Waals surface area contributed by atoms with Crippen molar-refractivity contribution in [2.75, 3.05) is 9.80 Å². The maximum atomic E-state index is 2.77. The lowest BCUT2D eigenvalue weighted by Gasteiger charge is -2.46. The number of nitrogens with zero attached hydrogens (tertiary/aromatic N) is 3. The first kappa shape index (κ1) is 31.4. The van der Waals surface area contributed by atoms with Crippen LogP contribution in [0.15, 0.2) is 200 Å². The third-order valence-corrected chi connectivity index (χ3v) is 14.4. The molecule has 4 heterocycles. The summed E-state index contributed by atoms with van der Waals surface area (Å²) >= 11 is 0. The second-order valence-electron chi connectivity index (χ2n) is 17.1. The van der Waals surface area contributed by atoms with Gasteiger partial charge in [0.2, 0.25) is 6.71 Å². The van der Waals surface area contributed by atoms with Crippen LogP contribution in [0, 0.1) is 0 Å². The Morgan fingerprint density at radius 1 is 0.483 bits per heavy atom. The van der Waals surface area contributed by atoms with Crippen molar-refractivity contribution in [3.8, 4) is 16.8 Å². The van der Waals surface area contributed by atoms with Gasteiger partial charge in [-0.05, 0) is 109 Å². The molecule has 0 bridgehead atoms. The first-order valence-electron chi connectivity index (χ1n) is 21.2. The van der Waals surface area contributed by atoms with Gasteiger partial charge in [0.15, 0.2) is 0 Å². The SMILES string of the molecule is C1=C2c3ccccc3-c3cccc4ccc5c(c34)C2C2C(=C1)B1c3c(cc(N(c4ccccc4)c4ccccc4)cc3-n3c4ccc6ccccc6c4c4cccc1c43)N52. The minimum Gasteiger partial charge on any atom is -0.334 e. The smallest absolute Gasteiger partial charge is 0.247 e. The van der Waals surface area contributed by atoms with Gasteiger partial charge in [-0.15, -0.1) is 0 Å². The van der Waals surface area contributed by atoms with E-state index in [0.717, 1.165) is 17.1 Å². The Morgan fingerprint density at radius 3 is 2.02 bits per heavy atom. The van der Waals surface area contributed by atoms with Gasteiger partial charge in [0.1, 0.15) is 0 Å². The van der Waals surface area contributed by atoms with E-state index >= 15 is 0 Å². The van der Waals surface area contributed by atoms with E-state index in [1.165, 1.54) is 105 Å². The van der Waals surface area contributed by atoms with Gasteiger partial charge in [-0.3, -0.25) is 0 Å². The van der Waals surface area contributed by atoms with E-state index in [1.54, 1.807) is 0 Å². The van der Waals surface area contributed by atoms with Crippen molar-refractivity contribution in [1.82, 2.24) is 4.57 Å². The fourth-order valence-electron chi connectivity index (χ4n) is 12.3. The lowest BCUT2D eigenvalue weighted by molar-refractivity contribution is 0.743. The number of benzene rings is 9. The van der Waals surface area contributed by atoms with Gasteiger partial charge in [0.25, 0.3) is 0 Å². The van der Waals surface area contributed by atoms with Crippen LogP contribution in [0.3, 0.4) is 0 Å². The summed E-state index contributed by atoms with van der Waals surface area (Å²) in [6.07, 6.45) is 5.02. The summed E-state index contributed by atoms with van der Waals surface area (Å²) in [6.45, 7) is 0.0929. The molecule has 2 atom stereocenters. The Kier molecular flexibility index (Phi) is 5.83. The van der Waals surface area contributed by atoms with E-state index in [-0.39, 0.29) is 18.7 Å². The van der Waals surface area contributed by atoms with Gasteiger partial charge in [-0.2, -0.15) is 0 Å². The van der Waals surface area contributed by atoms with Crippen molar-refractivity contribution in [2.24, 2.45) is 0 Å². The molecule has 1 aromatic heterocycles. The van der Waals surface area contributed by atoms with Crippen LogP contribution in [0.25, 0.3) is 65.7 Å². The Balaban J connectivity index is 1.13. The molecular formula is C56H34BN3. The van der Waals surface area contributed by atoms with Crippen LogP contribution in [0.1, 0.15) is 17.0 Å². The monoisotopic (exact) mass is 759 g/mol. The molecule has 0 saturated carbocycles. The molecular weight excluding hydrogens is 725 g/mol. The van der Waals surface area contributed by atoms with Gasteiger partial charge in [-0.1, -0.05) is 151 Å². The molecule has 60 heavy (non-hydrogen) atoms. The number of hydrogen-bond donors (Lipinski definition) is 0. The minimum absolute atomic E-state index is 0.0929. The van der Waals surface area contributed by atoms with Gasteiger partial charge in [0, 0.05) is 50.6 Å². The number of fused-ring (bicyclic) bond motifs is 13. The van der Waals surface area contributed by atoms with Crippen molar-refractivity contribution < 1.29 is 0 Å². The maximum absolute atomic E-state index is 2.77. The fraction of sp³-hybridized carbons (Fsp3) is 0.0357. The summed E-state index contributed by atoms with van der Waals surface area (Å²) in [6, 6.07) is 68.5. The van der Waals surface area contributed by atoms with Crippen molar-refractivity contribution >= 4 is 95.0 Å². The zero-order valence-electron chi connectivity index (χ0n) is 32.5. The molecule has 0 saturated heterocycles. The highest BCUT2D eigenvalue weighted by atomic mass is 15.2. The summed E-state index contributed by atoms with van der Waals surface area (Å²) in [5, 5.41) is 7.94. The molecule has 3 nitrogen and oxygen atoms in total. The normalized spacial score (nSPS) is 17.1. The third-order valence-electron chi connectivity index (χ3n) is 14.4. The van der Waals surface area contributed by atoms with Gasteiger partial charge < -0.3 is 14.4 Å². The average molecular weight is 760 g/mol. The van der Waals surface area contributed by atoms with Crippen LogP contribution >= 0.6 is 0 Å². The second-order valence-corrected chi connectivity index (χ2v) is 17.1. The highest BCUT2D eigenvalue weighted by Crippen LogP contribution is 2.62. The van der Waals surface area contributed by atoms with Gasteiger partial charge in [-0.25, -0.2) is 0 Å². The number of aromatic nitrogens is 1. The summed E-state index contributed by atoms with van der Waals surface area (Å²) in [7, 11) is 0. The van der Waals surface area contributed by atoms with Crippen LogP contribution in [-0.4, -0.2) is 17.3 Å². The molecule has 4 heteroatoms. The molecule has 15 rings (SSSR count). The molecule has 5 aliphatic rings. The molecule has 0 N–H and O–H groups in total. The summed E-state index contributed by atoms with van der Waals surface area (Å²) in [5.41, 5.74) is 21.1. The van der Waals surface area contributed by atoms with E-state index < -0.39 is 0 Å². The largest absolute Gasteiger partial charge is 0.334 e. The van der Waals surface area contributed by atoms with Crippen LogP contribution < -0.4 is 20.7 Å². The quantitative estimate of drug-likeness (QED) is 0.166.